The molecule has 1 N–H and O–H groups in total. The van der Waals surface area contributed by atoms with Gasteiger partial charge in [0, 0.05) is 28.3 Å². The Morgan fingerprint density at radius 3 is 2.66 bits per heavy atom. The van der Waals surface area contributed by atoms with Crippen LogP contribution in [0.25, 0.3) is 21.5 Å². The first-order valence-electron chi connectivity index (χ1n) is 10.3. The molecule has 0 radical (unpaired) electrons. The van der Waals surface area contributed by atoms with Gasteiger partial charge in [0.1, 0.15) is 22.2 Å². The minimum absolute atomic E-state index is 0.180. The van der Waals surface area contributed by atoms with Crippen molar-refractivity contribution in [2.75, 3.05) is 19.5 Å². The number of rotatable bonds is 6. The Hall–Kier alpha value is -3.04. The van der Waals surface area contributed by atoms with Gasteiger partial charge in [-0.3, -0.25) is 10.1 Å². The van der Waals surface area contributed by atoms with Crippen molar-refractivity contribution in [3.8, 4) is 22.8 Å². The molecule has 4 aromatic rings. The molecular weight excluding hydrogens is 444 g/mol. The maximum Gasteiger partial charge on any atom is 0.267 e. The number of ether oxygens (including phenoxy) is 2. The summed E-state index contributed by atoms with van der Waals surface area (Å²) in [5.41, 5.74) is 3.42. The molecule has 3 aromatic heterocycles. The number of thiazole rings is 1. The summed E-state index contributed by atoms with van der Waals surface area (Å²) in [6.45, 7) is 3.95. The van der Waals surface area contributed by atoms with Gasteiger partial charge in [-0.05, 0) is 44.4 Å². The topological polar surface area (TPSA) is 86.2 Å². The van der Waals surface area contributed by atoms with Gasteiger partial charge in [-0.15, -0.1) is 22.7 Å². The van der Waals surface area contributed by atoms with Gasteiger partial charge in [-0.2, -0.15) is 0 Å². The van der Waals surface area contributed by atoms with Crippen molar-refractivity contribution in [1.82, 2.24) is 15.0 Å². The first kappa shape index (κ1) is 20.8. The van der Waals surface area contributed by atoms with Crippen LogP contribution < -0.4 is 14.8 Å². The average molecular weight is 467 g/mol. The number of anilines is 1. The summed E-state index contributed by atoms with van der Waals surface area (Å²) in [4.78, 5) is 28.6. The summed E-state index contributed by atoms with van der Waals surface area (Å²) in [7, 11) is 3.22. The summed E-state index contributed by atoms with van der Waals surface area (Å²) in [5.74, 6) is 2.56. The highest BCUT2D eigenvalue weighted by Gasteiger charge is 2.28. The number of hydrogen-bond donors (Lipinski definition) is 1. The smallest absolute Gasteiger partial charge is 0.267 e. The van der Waals surface area contributed by atoms with Gasteiger partial charge in [-0.1, -0.05) is 0 Å². The zero-order chi connectivity index (χ0) is 22.4. The van der Waals surface area contributed by atoms with Crippen molar-refractivity contribution >= 4 is 43.9 Å². The van der Waals surface area contributed by atoms with Crippen LogP contribution in [-0.2, 0) is 0 Å². The first-order valence-corrected chi connectivity index (χ1v) is 11.9. The number of methoxy groups -OCH3 is 2. The third-order valence-electron chi connectivity index (χ3n) is 5.55. The average Bonchev–Trinajstić information content (AvgIpc) is 3.46. The fourth-order valence-corrected chi connectivity index (χ4v) is 5.56. The number of hydrogen-bond acceptors (Lipinski definition) is 8. The van der Waals surface area contributed by atoms with E-state index in [0.29, 0.717) is 27.4 Å². The molecule has 0 unspecified atom stereocenters. The number of nitrogens with zero attached hydrogens (tertiary/aromatic N) is 3. The van der Waals surface area contributed by atoms with Crippen LogP contribution in [0.1, 0.15) is 45.5 Å². The maximum absolute atomic E-state index is 13.1. The molecule has 1 saturated carbocycles. The van der Waals surface area contributed by atoms with Gasteiger partial charge in [0.2, 0.25) is 0 Å². The van der Waals surface area contributed by atoms with Crippen LogP contribution in [0.4, 0.5) is 5.13 Å². The van der Waals surface area contributed by atoms with Crippen LogP contribution in [0.5, 0.6) is 11.5 Å². The first-order chi connectivity index (χ1) is 15.5. The number of amides is 1. The highest BCUT2D eigenvalue weighted by molar-refractivity contribution is 7.21. The van der Waals surface area contributed by atoms with E-state index in [2.05, 4.69) is 15.3 Å². The van der Waals surface area contributed by atoms with E-state index in [4.69, 9.17) is 14.5 Å². The second kappa shape index (κ2) is 8.14. The number of nitrogens with one attached hydrogen (secondary N) is 1. The van der Waals surface area contributed by atoms with Gasteiger partial charge >= 0.3 is 0 Å². The van der Waals surface area contributed by atoms with Crippen molar-refractivity contribution in [1.29, 1.82) is 0 Å². The van der Waals surface area contributed by atoms with Crippen LogP contribution in [0.2, 0.25) is 0 Å². The summed E-state index contributed by atoms with van der Waals surface area (Å²) in [5, 5.41) is 6.35. The lowest BCUT2D eigenvalue weighted by atomic mass is 10.1. The SMILES string of the molecule is COc1ccc(-c2csc(NC(=O)c3sc4nc(C5CC5)nc(C)c4c3C)n2)c(OC)c1. The lowest BCUT2D eigenvalue weighted by Gasteiger charge is -2.08. The Morgan fingerprint density at radius 1 is 1.12 bits per heavy atom. The van der Waals surface area contributed by atoms with Crippen molar-refractivity contribution in [2.24, 2.45) is 0 Å². The standard InChI is InChI=1S/C23H22N4O3S2/c1-11-18-12(2)24-20(13-5-6-13)26-22(18)32-19(11)21(28)27-23-25-16(10-31-23)15-8-7-14(29-3)9-17(15)30-4/h7-10,13H,5-6H2,1-4H3,(H,25,27,28). The minimum Gasteiger partial charge on any atom is -0.497 e. The lowest BCUT2D eigenvalue weighted by molar-refractivity contribution is 0.103. The van der Waals surface area contributed by atoms with E-state index in [1.165, 1.54) is 22.7 Å². The maximum atomic E-state index is 13.1. The molecule has 1 aliphatic carbocycles. The zero-order valence-corrected chi connectivity index (χ0v) is 19.8. The van der Waals surface area contributed by atoms with Gasteiger partial charge in [0.25, 0.3) is 5.91 Å². The molecule has 7 nitrogen and oxygen atoms in total. The third-order valence-corrected chi connectivity index (χ3v) is 7.49. The van der Waals surface area contributed by atoms with E-state index in [9.17, 15) is 4.79 Å². The van der Waals surface area contributed by atoms with Crippen molar-refractivity contribution in [2.45, 2.75) is 32.6 Å². The molecule has 9 heteroatoms. The van der Waals surface area contributed by atoms with Crippen LogP contribution in [0.3, 0.4) is 0 Å². The van der Waals surface area contributed by atoms with Gasteiger partial charge in [0.15, 0.2) is 5.13 Å². The van der Waals surface area contributed by atoms with Crippen molar-refractivity contribution < 1.29 is 14.3 Å². The zero-order valence-electron chi connectivity index (χ0n) is 18.2. The number of carbonyl (C=O) groups is 1. The van der Waals surface area contributed by atoms with Crippen molar-refractivity contribution in [3.63, 3.8) is 0 Å². The second-order valence-corrected chi connectivity index (χ2v) is 9.59. The molecule has 0 bridgehead atoms. The summed E-state index contributed by atoms with van der Waals surface area (Å²) in [6, 6.07) is 5.56. The van der Waals surface area contributed by atoms with E-state index < -0.39 is 0 Å². The molecule has 0 saturated heterocycles. The molecule has 0 atom stereocenters. The van der Waals surface area contributed by atoms with Gasteiger partial charge in [-0.25, -0.2) is 15.0 Å². The van der Waals surface area contributed by atoms with Crippen molar-refractivity contribution in [3.05, 3.63) is 45.5 Å². The number of thiophene rings is 1. The molecule has 5 rings (SSSR count). The number of aromatic nitrogens is 3. The molecule has 1 aromatic carbocycles. The Kier molecular flexibility index (Phi) is 5.30. The van der Waals surface area contributed by atoms with E-state index in [0.717, 1.165) is 51.4 Å². The van der Waals surface area contributed by atoms with E-state index in [1.54, 1.807) is 14.2 Å². The fraction of sp³-hybridized carbons (Fsp3) is 0.304. The van der Waals surface area contributed by atoms with E-state index >= 15 is 0 Å². The number of aryl methyl sites for hydroxylation is 2. The summed E-state index contributed by atoms with van der Waals surface area (Å²) >= 11 is 2.79. The molecular formula is C23H22N4O3S2. The normalized spacial score (nSPS) is 13.4. The minimum atomic E-state index is -0.180. The predicted molar refractivity (Wildman–Crippen MR) is 127 cm³/mol. The highest BCUT2D eigenvalue weighted by Crippen LogP contribution is 2.41. The number of fused-ring (bicyclic) bond motifs is 1. The molecule has 0 spiro atoms. The number of benzene rings is 1. The van der Waals surface area contributed by atoms with E-state index in [-0.39, 0.29) is 5.91 Å². The van der Waals surface area contributed by atoms with Gasteiger partial charge in [0.05, 0.1) is 30.5 Å². The van der Waals surface area contributed by atoms with Crippen LogP contribution in [0, 0.1) is 13.8 Å². The predicted octanol–water partition coefficient (Wildman–Crippen LogP) is 5.58. The van der Waals surface area contributed by atoms with Gasteiger partial charge < -0.3 is 9.47 Å². The molecule has 3 heterocycles. The number of carbonyl (C=O) groups excluding carboxylic acids is 1. The van der Waals surface area contributed by atoms with Crippen LogP contribution in [0.15, 0.2) is 23.6 Å². The Balaban J connectivity index is 1.42. The molecule has 32 heavy (non-hydrogen) atoms. The molecule has 0 aliphatic heterocycles. The Morgan fingerprint density at radius 2 is 1.94 bits per heavy atom. The van der Waals surface area contributed by atoms with E-state index in [1.807, 2.05) is 37.4 Å². The third kappa shape index (κ3) is 3.71. The lowest BCUT2D eigenvalue weighted by Crippen LogP contribution is -2.11. The molecule has 1 aliphatic rings. The fourth-order valence-electron chi connectivity index (χ4n) is 3.72. The quantitative estimate of drug-likeness (QED) is 0.399. The monoisotopic (exact) mass is 466 g/mol. The highest BCUT2D eigenvalue weighted by atomic mass is 32.1. The largest absolute Gasteiger partial charge is 0.497 e. The summed E-state index contributed by atoms with van der Waals surface area (Å²) in [6.07, 6.45) is 2.29. The molecule has 164 valence electrons. The van der Waals surface area contributed by atoms with Crippen LogP contribution >= 0.6 is 22.7 Å². The van der Waals surface area contributed by atoms with Crippen LogP contribution in [-0.4, -0.2) is 35.1 Å². The second-order valence-electron chi connectivity index (χ2n) is 7.74. The summed E-state index contributed by atoms with van der Waals surface area (Å²) < 4.78 is 10.7. The Labute approximate surface area is 193 Å². The molecule has 1 fully saturated rings. The molecule has 1 amide bonds. The Bertz CT molecular complexity index is 1340.